The molecule has 23 heavy (non-hydrogen) atoms. The van der Waals surface area contributed by atoms with Gasteiger partial charge < -0.3 is 0 Å². The average Bonchev–Trinajstić information content (AvgIpc) is 3.38. The van der Waals surface area contributed by atoms with Crippen molar-refractivity contribution < 1.29 is 0 Å². The van der Waals surface area contributed by atoms with Crippen molar-refractivity contribution in [3.05, 3.63) is 26.7 Å². The van der Waals surface area contributed by atoms with Crippen molar-refractivity contribution >= 4 is 22.8 Å². The second-order valence-corrected chi connectivity index (χ2v) is 7.06. The molecule has 0 spiro atoms. The van der Waals surface area contributed by atoms with Crippen LogP contribution < -0.4 is 11.2 Å². The number of thioether (sulfide) groups is 1. The summed E-state index contributed by atoms with van der Waals surface area (Å²) in [6.45, 7) is 0. The smallest absolute Gasteiger partial charge is 0.274 e. The second-order valence-electron chi connectivity index (χ2n) is 5.98. The van der Waals surface area contributed by atoms with Gasteiger partial charge in [-0.3, -0.25) is 14.3 Å². The van der Waals surface area contributed by atoms with E-state index in [1.54, 1.807) is 4.57 Å². The number of hydrogen-bond donors (Lipinski definition) is 1. The van der Waals surface area contributed by atoms with Gasteiger partial charge in [0.15, 0.2) is 5.65 Å². The van der Waals surface area contributed by atoms with Crippen molar-refractivity contribution in [2.75, 3.05) is 5.75 Å². The molecule has 2 heterocycles. The fourth-order valence-corrected chi connectivity index (χ4v) is 3.50. The quantitative estimate of drug-likeness (QED) is 0.508. The third-order valence-electron chi connectivity index (χ3n) is 4.08. The minimum atomic E-state index is -0.441. The van der Waals surface area contributed by atoms with E-state index in [1.807, 2.05) is 0 Å². The predicted molar refractivity (Wildman–Crippen MR) is 85.6 cm³/mol. The molecule has 7 nitrogen and oxygen atoms in total. The topological polar surface area (TPSA) is 104 Å². The Morgan fingerprint density at radius 1 is 1.26 bits per heavy atom. The summed E-state index contributed by atoms with van der Waals surface area (Å²) in [5.74, 6) is 1.61. The van der Waals surface area contributed by atoms with Gasteiger partial charge in [0.1, 0.15) is 16.2 Å². The highest BCUT2D eigenvalue weighted by molar-refractivity contribution is 7.99. The Morgan fingerprint density at radius 3 is 2.70 bits per heavy atom. The summed E-state index contributed by atoms with van der Waals surface area (Å²) in [5, 5.41) is 9.68. The number of hydrogen-bond acceptors (Lipinski definition) is 6. The van der Waals surface area contributed by atoms with Crippen LogP contribution in [-0.2, 0) is 0 Å². The first kappa shape index (κ1) is 14.5. The summed E-state index contributed by atoms with van der Waals surface area (Å²) in [7, 11) is 0. The summed E-state index contributed by atoms with van der Waals surface area (Å²) in [6, 6.07) is 2.22. The lowest BCUT2D eigenvalue weighted by molar-refractivity contribution is 0.691. The van der Waals surface area contributed by atoms with Gasteiger partial charge in [-0.15, -0.1) is 11.8 Å². The molecule has 2 saturated carbocycles. The number of fused-ring (bicyclic) bond motifs is 1. The minimum absolute atomic E-state index is 0.126. The van der Waals surface area contributed by atoms with Crippen molar-refractivity contribution in [1.29, 1.82) is 5.26 Å². The molecule has 118 valence electrons. The fraction of sp³-hybridized carbons (Fsp3) is 0.533. The van der Waals surface area contributed by atoms with Crippen molar-refractivity contribution in [1.82, 2.24) is 19.5 Å². The van der Waals surface area contributed by atoms with Crippen LogP contribution in [0.3, 0.4) is 0 Å². The summed E-state index contributed by atoms with van der Waals surface area (Å²) in [5.41, 5.74) is -0.375. The van der Waals surface area contributed by atoms with Gasteiger partial charge in [0.05, 0.1) is 6.07 Å². The molecule has 2 aliphatic carbocycles. The summed E-state index contributed by atoms with van der Waals surface area (Å²) < 4.78 is 1.61. The van der Waals surface area contributed by atoms with Gasteiger partial charge in [-0.2, -0.15) is 5.26 Å². The average molecular weight is 329 g/mol. The van der Waals surface area contributed by atoms with E-state index in [1.165, 1.54) is 11.8 Å². The molecule has 2 aromatic heterocycles. The molecular weight excluding hydrogens is 314 g/mol. The van der Waals surface area contributed by atoms with Gasteiger partial charge in [-0.25, -0.2) is 14.8 Å². The number of aromatic nitrogens is 4. The lowest BCUT2D eigenvalue weighted by atomic mass is 10.3. The van der Waals surface area contributed by atoms with Crippen LogP contribution in [0.25, 0.3) is 11.0 Å². The van der Waals surface area contributed by atoms with Crippen LogP contribution in [0, 0.1) is 11.3 Å². The zero-order valence-corrected chi connectivity index (χ0v) is 13.2. The highest BCUT2D eigenvalue weighted by Gasteiger charge is 2.32. The van der Waals surface area contributed by atoms with Gasteiger partial charge in [0.2, 0.25) is 0 Å². The van der Waals surface area contributed by atoms with E-state index < -0.39 is 11.2 Å². The Balaban J connectivity index is 1.95. The van der Waals surface area contributed by atoms with E-state index in [0.29, 0.717) is 34.2 Å². The predicted octanol–water partition coefficient (Wildman–Crippen LogP) is 1.70. The van der Waals surface area contributed by atoms with Crippen molar-refractivity contribution in [2.24, 2.45) is 0 Å². The van der Waals surface area contributed by atoms with Crippen LogP contribution in [0.1, 0.15) is 49.9 Å². The molecule has 0 bridgehead atoms. The summed E-state index contributed by atoms with van der Waals surface area (Å²) >= 11 is 1.39. The molecular formula is C15H15N5O2S. The molecule has 2 fully saturated rings. The first-order valence-electron chi connectivity index (χ1n) is 7.75. The maximum absolute atomic E-state index is 12.3. The molecule has 0 saturated heterocycles. The number of nitriles is 1. The number of nitrogens with one attached hydrogen (secondary N) is 1. The maximum atomic E-state index is 12.3. The van der Waals surface area contributed by atoms with Crippen LogP contribution in [0.2, 0.25) is 0 Å². The molecule has 2 aliphatic rings. The molecule has 0 atom stereocenters. The Hall–Kier alpha value is -2.14. The first-order chi connectivity index (χ1) is 11.2. The van der Waals surface area contributed by atoms with E-state index in [-0.39, 0.29) is 6.04 Å². The molecule has 2 aromatic rings. The van der Waals surface area contributed by atoms with Crippen LogP contribution >= 0.6 is 11.8 Å². The fourth-order valence-electron chi connectivity index (χ4n) is 2.63. The SMILES string of the molecule is N#CCCSc1nc(C2CC2)nc2c1c(=O)[nH]c(=O)n2C1CC1. The van der Waals surface area contributed by atoms with E-state index >= 15 is 0 Å². The number of rotatable bonds is 5. The number of H-pyrrole nitrogens is 1. The van der Waals surface area contributed by atoms with Crippen LogP contribution in [0.4, 0.5) is 0 Å². The van der Waals surface area contributed by atoms with E-state index in [4.69, 9.17) is 5.26 Å². The van der Waals surface area contributed by atoms with Crippen molar-refractivity contribution in [2.45, 2.75) is 49.1 Å². The van der Waals surface area contributed by atoms with Gasteiger partial charge in [-0.05, 0) is 25.7 Å². The maximum Gasteiger partial charge on any atom is 0.330 e. The number of aromatic amines is 1. The molecule has 4 rings (SSSR count). The van der Waals surface area contributed by atoms with Gasteiger partial charge in [0.25, 0.3) is 5.56 Å². The third-order valence-corrected chi connectivity index (χ3v) is 5.05. The zero-order chi connectivity index (χ0) is 16.0. The molecule has 0 radical (unpaired) electrons. The van der Waals surface area contributed by atoms with Crippen LogP contribution in [-0.4, -0.2) is 25.3 Å². The third kappa shape index (κ3) is 2.65. The van der Waals surface area contributed by atoms with E-state index in [0.717, 1.165) is 31.5 Å². The van der Waals surface area contributed by atoms with Gasteiger partial charge in [0, 0.05) is 24.1 Å². The Kier molecular flexibility index (Phi) is 3.45. The number of nitrogens with zero attached hydrogens (tertiary/aromatic N) is 4. The summed E-state index contributed by atoms with van der Waals surface area (Å²) in [4.78, 5) is 36.0. The monoisotopic (exact) mass is 329 g/mol. The normalized spacial score (nSPS) is 17.3. The molecule has 0 unspecified atom stereocenters. The highest BCUT2D eigenvalue weighted by Crippen LogP contribution is 2.40. The zero-order valence-electron chi connectivity index (χ0n) is 12.4. The first-order valence-corrected chi connectivity index (χ1v) is 8.74. The minimum Gasteiger partial charge on any atom is -0.274 e. The summed E-state index contributed by atoms with van der Waals surface area (Å²) in [6.07, 6.45) is 4.34. The van der Waals surface area contributed by atoms with Crippen LogP contribution in [0.5, 0.6) is 0 Å². The van der Waals surface area contributed by atoms with Crippen LogP contribution in [0.15, 0.2) is 14.6 Å². The van der Waals surface area contributed by atoms with Crippen molar-refractivity contribution in [3.63, 3.8) is 0 Å². The Bertz CT molecular complexity index is 934. The van der Waals surface area contributed by atoms with Gasteiger partial charge in [-0.1, -0.05) is 0 Å². The highest BCUT2D eigenvalue weighted by atomic mass is 32.2. The molecule has 0 aliphatic heterocycles. The Morgan fingerprint density at radius 2 is 2.04 bits per heavy atom. The lowest BCUT2D eigenvalue weighted by Gasteiger charge is -2.11. The lowest BCUT2D eigenvalue weighted by Crippen LogP contribution is -2.31. The Labute approximate surface area is 135 Å². The molecule has 0 aromatic carbocycles. The molecule has 1 N–H and O–H groups in total. The van der Waals surface area contributed by atoms with Gasteiger partial charge >= 0.3 is 5.69 Å². The van der Waals surface area contributed by atoms with E-state index in [9.17, 15) is 9.59 Å². The standard InChI is InChI=1S/C15H15N5O2S/c16-6-1-7-23-14-10-12(17-11(18-14)8-2-3-8)20(9-4-5-9)15(22)19-13(10)21/h8-9H,1-5,7H2,(H,19,21,22). The molecule has 0 amide bonds. The van der Waals surface area contributed by atoms with Crippen molar-refractivity contribution in [3.8, 4) is 6.07 Å². The van der Waals surface area contributed by atoms with E-state index in [2.05, 4.69) is 21.0 Å². The largest absolute Gasteiger partial charge is 0.330 e. The molecule has 8 heteroatoms. The second kappa shape index (κ2) is 5.49.